The smallest absolute Gasteiger partial charge is 0.0715 e. The molecule has 0 fully saturated rings. The van der Waals surface area contributed by atoms with E-state index in [4.69, 9.17) is 11.6 Å². The summed E-state index contributed by atoms with van der Waals surface area (Å²) in [5.74, 6) is 0. The number of halogens is 1. The van der Waals surface area contributed by atoms with Gasteiger partial charge < -0.3 is 5.32 Å². The normalized spacial score (nSPS) is 10.6. The van der Waals surface area contributed by atoms with Gasteiger partial charge in [-0.3, -0.25) is 10.1 Å². The van der Waals surface area contributed by atoms with E-state index in [2.05, 4.69) is 20.5 Å². The number of pyridine rings is 1. The summed E-state index contributed by atoms with van der Waals surface area (Å²) in [7, 11) is 0. The van der Waals surface area contributed by atoms with E-state index >= 15 is 0 Å². The van der Waals surface area contributed by atoms with Crippen molar-refractivity contribution in [1.82, 2.24) is 15.2 Å². The highest BCUT2D eigenvalue weighted by Gasteiger charge is 2.08. The molecule has 5 heteroatoms. The monoisotopic (exact) mass is 298 g/mol. The molecule has 106 valence electrons. The van der Waals surface area contributed by atoms with E-state index < -0.39 is 0 Å². The molecule has 0 spiro atoms. The topological polar surface area (TPSA) is 53.6 Å². The Hall–Kier alpha value is -2.33. The third-order valence-corrected chi connectivity index (χ3v) is 3.81. The predicted octanol–water partition coefficient (Wildman–Crippen LogP) is 4.05. The first-order valence-corrected chi connectivity index (χ1v) is 7.05. The van der Waals surface area contributed by atoms with E-state index in [1.54, 1.807) is 6.20 Å². The second-order valence-corrected chi connectivity index (χ2v) is 5.19. The lowest BCUT2D eigenvalue weighted by atomic mass is 10.1. The van der Waals surface area contributed by atoms with Crippen LogP contribution in [0.4, 0.5) is 5.69 Å². The zero-order chi connectivity index (χ0) is 14.7. The van der Waals surface area contributed by atoms with Gasteiger partial charge in [0.1, 0.15) is 0 Å². The van der Waals surface area contributed by atoms with Gasteiger partial charge >= 0.3 is 0 Å². The standard InChI is InChI=1S/C16H15ClN4/c1-11-14(17)5-2-6-15(11)19-9-13-10-20-21-16(13)12-4-3-7-18-8-12/h2-8,10,19H,9H2,1H3,(H,20,21). The van der Waals surface area contributed by atoms with Crippen LogP contribution < -0.4 is 5.32 Å². The molecule has 2 aromatic heterocycles. The number of aromatic nitrogens is 3. The molecule has 2 N–H and O–H groups in total. The molecule has 0 bridgehead atoms. The van der Waals surface area contributed by atoms with Crippen molar-refractivity contribution in [2.24, 2.45) is 0 Å². The highest BCUT2D eigenvalue weighted by atomic mass is 35.5. The maximum absolute atomic E-state index is 6.13. The molecule has 0 atom stereocenters. The lowest BCUT2D eigenvalue weighted by Crippen LogP contribution is -2.01. The van der Waals surface area contributed by atoms with Crippen molar-refractivity contribution in [2.75, 3.05) is 5.32 Å². The Kier molecular flexibility index (Phi) is 3.88. The number of nitrogens with one attached hydrogen (secondary N) is 2. The van der Waals surface area contributed by atoms with Gasteiger partial charge in [-0.15, -0.1) is 0 Å². The number of rotatable bonds is 4. The summed E-state index contributed by atoms with van der Waals surface area (Å²) >= 11 is 6.13. The van der Waals surface area contributed by atoms with Gasteiger partial charge in [0.2, 0.25) is 0 Å². The second kappa shape index (κ2) is 5.97. The number of hydrogen-bond acceptors (Lipinski definition) is 3. The average molecular weight is 299 g/mol. The molecule has 21 heavy (non-hydrogen) atoms. The molecule has 0 saturated carbocycles. The van der Waals surface area contributed by atoms with Crippen LogP contribution >= 0.6 is 11.6 Å². The number of nitrogens with zero attached hydrogens (tertiary/aromatic N) is 2. The van der Waals surface area contributed by atoms with Crippen LogP contribution in [0, 0.1) is 6.92 Å². The SMILES string of the molecule is Cc1c(Cl)cccc1NCc1cn[nH]c1-c1cccnc1. The Balaban J connectivity index is 1.81. The first kappa shape index (κ1) is 13.6. The minimum Gasteiger partial charge on any atom is -0.381 e. The summed E-state index contributed by atoms with van der Waals surface area (Å²) in [6.45, 7) is 2.67. The van der Waals surface area contributed by atoms with Gasteiger partial charge in [0, 0.05) is 40.8 Å². The highest BCUT2D eigenvalue weighted by molar-refractivity contribution is 6.31. The average Bonchev–Trinajstić information content (AvgIpc) is 2.98. The number of benzene rings is 1. The van der Waals surface area contributed by atoms with Crippen molar-refractivity contribution in [2.45, 2.75) is 13.5 Å². The van der Waals surface area contributed by atoms with Crippen molar-refractivity contribution in [1.29, 1.82) is 0 Å². The largest absolute Gasteiger partial charge is 0.381 e. The minimum atomic E-state index is 0.669. The summed E-state index contributed by atoms with van der Waals surface area (Å²) in [5, 5.41) is 11.3. The molecule has 3 aromatic rings. The zero-order valence-corrected chi connectivity index (χ0v) is 12.4. The fraction of sp³-hybridized carbons (Fsp3) is 0.125. The molecule has 0 aliphatic heterocycles. The summed E-state index contributed by atoms with van der Waals surface area (Å²) in [6.07, 6.45) is 5.41. The first-order valence-electron chi connectivity index (χ1n) is 6.67. The van der Waals surface area contributed by atoms with Crippen molar-refractivity contribution in [3.8, 4) is 11.3 Å². The van der Waals surface area contributed by atoms with Gasteiger partial charge in [-0.1, -0.05) is 17.7 Å². The fourth-order valence-electron chi connectivity index (χ4n) is 2.20. The van der Waals surface area contributed by atoms with Crippen LogP contribution in [-0.2, 0) is 6.54 Å². The molecule has 0 aliphatic rings. The number of hydrogen-bond donors (Lipinski definition) is 2. The van der Waals surface area contributed by atoms with Crippen LogP contribution in [-0.4, -0.2) is 15.2 Å². The van der Waals surface area contributed by atoms with Crippen LogP contribution in [0.5, 0.6) is 0 Å². The first-order chi connectivity index (χ1) is 10.3. The highest BCUT2D eigenvalue weighted by Crippen LogP contribution is 2.25. The van der Waals surface area contributed by atoms with E-state index in [9.17, 15) is 0 Å². The van der Waals surface area contributed by atoms with Crippen LogP contribution in [0.25, 0.3) is 11.3 Å². The number of anilines is 1. The molecule has 2 heterocycles. The summed E-state index contributed by atoms with van der Waals surface area (Å²) in [5.41, 5.74) is 5.17. The Bertz CT molecular complexity index is 737. The molecule has 0 saturated heterocycles. The van der Waals surface area contributed by atoms with Gasteiger partial charge in [-0.05, 0) is 36.8 Å². The van der Waals surface area contributed by atoms with E-state index in [-0.39, 0.29) is 0 Å². The lowest BCUT2D eigenvalue weighted by Gasteiger charge is -2.10. The lowest BCUT2D eigenvalue weighted by molar-refractivity contribution is 1.09. The molecule has 0 radical (unpaired) electrons. The van der Waals surface area contributed by atoms with Crippen molar-refractivity contribution >= 4 is 17.3 Å². The van der Waals surface area contributed by atoms with Gasteiger partial charge in [0.05, 0.1) is 11.9 Å². The second-order valence-electron chi connectivity index (χ2n) is 4.78. The van der Waals surface area contributed by atoms with E-state index in [0.29, 0.717) is 6.54 Å². The molecule has 3 rings (SSSR count). The van der Waals surface area contributed by atoms with Gasteiger partial charge in [0.15, 0.2) is 0 Å². The Labute approximate surface area is 128 Å². The number of aromatic amines is 1. The Morgan fingerprint density at radius 1 is 1.19 bits per heavy atom. The van der Waals surface area contributed by atoms with Gasteiger partial charge in [-0.25, -0.2) is 0 Å². The molecule has 0 aliphatic carbocycles. The fourth-order valence-corrected chi connectivity index (χ4v) is 2.37. The number of H-pyrrole nitrogens is 1. The molecule has 4 nitrogen and oxygen atoms in total. The molecule has 0 unspecified atom stereocenters. The summed E-state index contributed by atoms with van der Waals surface area (Å²) in [4.78, 5) is 4.14. The van der Waals surface area contributed by atoms with Crippen molar-refractivity contribution in [3.63, 3.8) is 0 Å². The quantitative estimate of drug-likeness (QED) is 0.764. The predicted molar refractivity (Wildman–Crippen MR) is 85.3 cm³/mol. The minimum absolute atomic E-state index is 0.669. The van der Waals surface area contributed by atoms with Gasteiger partial charge in [0.25, 0.3) is 0 Å². The van der Waals surface area contributed by atoms with Crippen LogP contribution in [0.1, 0.15) is 11.1 Å². The molecular weight excluding hydrogens is 284 g/mol. The van der Waals surface area contributed by atoms with E-state index in [1.807, 2.05) is 49.6 Å². The van der Waals surface area contributed by atoms with Gasteiger partial charge in [-0.2, -0.15) is 5.10 Å². The Morgan fingerprint density at radius 3 is 2.90 bits per heavy atom. The van der Waals surface area contributed by atoms with E-state index in [0.717, 1.165) is 33.1 Å². The van der Waals surface area contributed by atoms with Crippen molar-refractivity contribution in [3.05, 3.63) is 65.1 Å². The van der Waals surface area contributed by atoms with Crippen LogP contribution in [0.2, 0.25) is 5.02 Å². The van der Waals surface area contributed by atoms with Crippen LogP contribution in [0.15, 0.2) is 48.9 Å². The molecule has 1 aromatic carbocycles. The van der Waals surface area contributed by atoms with E-state index in [1.165, 1.54) is 0 Å². The molecular formula is C16H15ClN4. The zero-order valence-electron chi connectivity index (χ0n) is 11.6. The maximum Gasteiger partial charge on any atom is 0.0715 e. The van der Waals surface area contributed by atoms with Crippen LogP contribution in [0.3, 0.4) is 0 Å². The maximum atomic E-state index is 6.13. The van der Waals surface area contributed by atoms with Crippen molar-refractivity contribution < 1.29 is 0 Å². The third-order valence-electron chi connectivity index (χ3n) is 3.41. The molecule has 0 amide bonds. The Morgan fingerprint density at radius 2 is 2.10 bits per heavy atom. The summed E-state index contributed by atoms with van der Waals surface area (Å²) < 4.78 is 0. The summed E-state index contributed by atoms with van der Waals surface area (Å²) in [6, 6.07) is 9.77. The third kappa shape index (κ3) is 2.90.